The normalized spacial score (nSPS) is 16.4. The van der Waals surface area contributed by atoms with E-state index < -0.39 is 0 Å². The van der Waals surface area contributed by atoms with Gasteiger partial charge in [-0.3, -0.25) is 9.78 Å². The number of aromatic nitrogens is 3. The minimum atomic E-state index is -0.0554. The number of nitrogens with zero attached hydrogens (tertiary/aromatic N) is 3. The van der Waals surface area contributed by atoms with Gasteiger partial charge < -0.3 is 24.5 Å². The Morgan fingerprint density at radius 3 is 3.07 bits per heavy atom. The highest BCUT2D eigenvalue weighted by atomic mass is 16.5. The first-order valence-corrected chi connectivity index (χ1v) is 9.18. The van der Waals surface area contributed by atoms with Gasteiger partial charge in [0.2, 0.25) is 6.41 Å². The topological polar surface area (TPSA) is 98.5 Å². The van der Waals surface area contributed by atoms with E-state index in [0.29, 0.717) is 24.6 Å². The molecule has 0 aromatic carbocycles. The molecule has 2 N–H and O–H groups in total. The van der Waals surface area contributed by atoms with Crippen molar-refractivity contribution in [2.75, 3.05) is 31.7 Å². The number of aliphatic hydroxyl groups excluding tert-OH is 1. The molecule has 1 amide bonds. The molecule has 28 heavy (non-hydrogen) atoms. The van der Waals surface area contributed by atoms with Gasteiger partial charge in [-0.1, -0.05) is 0 Å². The minimum Gasteiger partial charge on any atom is -0.491 e. The molecule has 4 rings (SSSR count). The number of amides is 1. The number of hydrogen-bond acceptors (Lipinski definition) is 6. The molecule has 0 spiro atoms. The molecular weight excluding hydrogens is 360 g/mol. The number of rotatable bonds is 7. The zero-order valence-corrected chi connectivity index (χ0v) is 15.6. The van der Waals surface area contributed by atoms with E-state index in [2.05, 4.69) is 10.3 Å². The molecule has 0 radical (unpaired) electrons. The fourth-order valence-electron chi connectivity index (χ4n) is 3.51. The quantitative estimate of drug-likeness (QED) is 0.607. The fourth-order valence-corrected chi connectivity index (χ4v) is 3.51. The Hall–Kier alpha value is -2.97. The number of fused-ring (bicyclic) bond motifs is 1. The Morgan fingerprint density at radius 2 is 2.32 bits per heavy atom. The van der Waals surface area contributed by atoms with E-state index in [1.54, 1.807) is 6.20 Å². The molecule has 1 unspecified atom stereocenters. The Bertz CT molecular complexity index is 995. The summed E-state index contributed by atoms with van der Waals surface area (Å²) in [5.74, 6) is 1.37. The van der Waals surface area contributed by atoms with Gasteiger partial charge in [0, 0.05) is 48.9 Å². The number of nitrogens with one attached hydrogen (secondary N) is 1. The molecule has 4 heterocycles. The van der Waals surface area contributed by atoms with Crippen LogP contribution in [0.2, 0.25) is 0 Å². The van der Waals surface area contributed by atoms with Gasteiger partial charge in [0.25, 0.3) is 0 Å². The maximum Gasteiger partial charge on any atom is 0.212 e. The van der Waals surface area contributed by atoms with E-state index >= 15 is 0 Å². The second kappa shape index (κ2) is 7.95. The van der Waals surface area contributed by atoms with Crippen LogP contribution in [0.25, 0.3) is 22.2 Å². The average Bonchev–Trinajstić information content (AvgIpc) is 3.35. The largest absolute Gasteiger partial charge is 0.491 e. The third kappa shape index (κ3) is 3.56. The summed E-state index contributed by atoms with van der Waals surface area (Å²) in [5.41, 5.74) is 3.54. The summed E-state index contributed by atoms with van der Waals surface area (Å²) in [7, 11) is 1.94. The Morgan fingerprint density at radius 1 is 1.43 bits per heavy atom. The number of aryl methyl sites for hydroxylation is 1. The van der Waals surface area contributed by atoms with Crippen LogP contribution in [0.4, 0.5) is 5.82 Å². The van der Waals surface area contributed by atoms with Gasteiger partial charge in [0.1, 0.15) is 18.2 Å². The van der Waals surface area contributed by atoms with Crippen LogP contribution in [0.15, 0.2) is 30.6 Å². The summed E-state index contributed by atoms with van der Waals surface area (Å²) in [6.07, 6.45) is 5.24. The number of hydrogen-bond donors (Lipinski definition) is 2. The number of anilines is 1. The van der Waals surface area contributed by atoms with Crippen molar-refractivity contribution in [3.63, 3.8) is 0 Å². The lowest BCUT2D eigenvalue weighted by Gasteiger charge is -2.13. The summed E-state index contributed by atoms with van der Waals surface area (Å²) >= 11 is 0. The molecule has 3 aromatic rings. The monoisotopic (exact) mass is 382 g/mol. The Balaban J connectivity index is 1.83. The van der Waals surface area contributed by atoms with Gasteiger partial charge in [-0.15, -0.1) is 0 Å². The number of pyridine rings is 2. The lowest BCUT2D eigenvalue weighted by molar-refractivity contribution is -0.105. The first kappa shape index (κ1) is 18.4. The molecule has 3 aromatic heterocycles. The maximum atomic E-state index is 10.8. The van der Waals surface area contributed by atoms with Crippen LogP contribution < -0.4 is 10.1 Å². The van der Waals surface area contributed by atoms with E-state index in [0.717, 1.165) is 40.9 Å². The zero-order valence-electron chi connectivity index (χ0n) is 15.6. The SMILES string of the molecule is Cn1cc(-c2cc(OCCO)cc(C3CCOC3)n2)c2cc(NC=O)ncc21. The molecule has 0 bridgehead atoms. The summed E-state index contributed by atoms with van der Waals surface area (Å²) in [4.78, 5) is 19.9. The Kier molecular flexibility index (Phi) is 5.23. The van der Waals surface area contributed by atoms with Crippen molar-refractivity contribution in [2.24, 2.45) is 7.05 Å². The predicted molar refractivity (Wildman–Crippen MR) is 104 cm³/mol. The molecule has 1 atom stereocenters. The smallest absolute Gasteiger partial charge is 0.212 e. The summed E-state index contributed by atoms with van der Waals surface area (Å²) in [6, 6.07) is 5.63. The molecule has 0 saturated carbocycles. The first-order valence-electron chi connectivity index (χ1n) is 9.18. The maximum absolute atomic E-state index is 10.8. The zero-order chi connectivity index (χ0) is 19.5. The van der Waals surface area contributed by atoms with Crippen molar-refractivity contribution in [3.8, 4) is 17.0 Å². The van der Waals surface area contributed by atoms with Gasteiger partial charge in [0.15, 0.2) is 0 Å². The van der Waals surface area contributed by atoms with E-state index in [4.69, 9.17) is 19.6 Å². The van der Waals surface area contributed by atoms with Crippen molar-refractivity contribution in [2.45, 2.75) is 12.3 Å². The number of carbonyl (C=O) groups excluding carboxylic acids is 1. The van der Waals surface area contributed by atoms with Crippen molar-refractivity contribution in [3.05, 3.63) is 36.3 Å². The van der Waals surface area contributed by atoms with E-state index in [9.17, 15) is 4.79 Å². The van der Waals surface area contributed by atoms with Crippen LogP contribution in [-0.2, 0) is 16.6 Å². The molecule has 8 heteroatoms. The highest BCUT2D eigenvalue weighted by molar-refractivity contribution is 5.97. The number of carbonyl (C=O) groups is 1. The highest BCUT2D eigenvalue weighted by Gasteiger charge is 2.22. The average molecular weight is 382 g/mol. The van der Waals surface area contributed by atoms with Gasteiger partial charge in [-0.25, -0.2) is 4.98 Å². The third-order valence-corrected chi connectivity index (χ3v) is 4.89. The molecule has 1 fully saturated rings. The lowest BCUT2D eigenvalue weighted by atomic mass is 10.0. The second-order valence-corrected chi connectivity index (χ2v) is 6.75. The van der Waals surface area contributed by atoms with Gasteiger partial charge in [-0.2, -0.15) is 0 Å². The van der Waals surface area contributed by atoms with Crippen LogP contribution in [0.3, 0.4) is 0 Å². The first-order chi connectivity index (χ1) is 13.7. The van der Waals surface area contributed by atoms with Crippen LogP contribution in [-0.4, -0.2) is 52.5 Å². The van der Waals surface area contributed by atoms with Crippen molar-refractivity contribution >= 4 is 23.1 Å². The van der Waals surface area contributed by atoms with Crippen LogP contribution in [0.1, 0.15) is 18.0 Å². The Labute approximate surface area is 162 Å². The molecule has 1 aliphatic heterocycles. The van der Waals surface area contributed by atoms with Crippen molar-refractivity contribution in [1.82, 2.24) is 14.5 Å². The number of ether oxygens (including phenoxy) is 2. The molecule has 1 saturated heterocycles. The van der Waals surface area contributed by atoms with E-state index in [-0.39, 0.29) is 19.1 Å². The molecule has 8 nitrogen and oxygen atoms in total. The highest BCUT2D eigenvalue weighted by Crippen LogP contribution is 2.34. The van der Waals surface area contributed by atoms with Crippen LogP contribution in [0, 0.1) is 0 Å². The standard InChI is InChI=1S/C20H22N4O4/c1-24-10-16(15-8-20(22-12-26)21-9-19(15)24)18-7-14(28-5-3-25)6-17(23-18)13-2-4-27-11-13/h6-10,12-13,25H,2-5,11H2,1H3,(H,21,22,26). The van der Waals surface area contributed by atoms with Crippen LogP contribution >= 0.6 is 0 Å². The van der Waals surface area contributed by atoms with Gasteiger partial charge in [0.05, 0.1) is 36.3 Å². The lowest BCUT2D eigenvalue weighted by Crippen LogP contribution is -2.06. The number of aliphatic hydroxyl groups is 1. The summed E-state index contributed by atoms with van der Waals surface area (Å²) < 4.78 is 13.2. The second-order valence-electron chi connectivity index (χ2n) is 6.75. The minimum absolute atomic E-state index is 0.0554. The molecule has 0 aliphatic carbocycles. The molecular formula is C20H22N4O4. The van der Waals surface area contributed by atoms with Crippen LogP contribution in [0.5, 0.6) is 5.75 Å². The van der Waals surface area contributed by atoms with E-state index in [1.165, 1.54) is 0 Å². The third-order valence-electron chi connectivity index (χ3n) is 4.89. The predicted octanol–water partition coefficient (Wildman–Crippen LogP) is 2.08. The fraction of sp³-hybridized carbons (Fsp3) is 0.350. The summed E-state index contributed by atoms with van der Waals surface area (Å²) in [6.45, 7) is 1.53. The van der Waals surface area contributed by atoms with Crippen molar-refractivity contribution in [1.29, 1.82) is 0 Å². The molecule has 146 valence electrons. The summed E-state index contributed by atoms with van der Waals surface area (Å²) in [5, 5.41) is 12.6. The van der Waals surface area contributed by atoms with Gasteiger partial charge >= 0.3 is 0 Å². The van der Waals surface area contributed by atoms with E-state index in [1.807, 2.05) is 36.0 Å². The molecule has 1 aliphatic rings. The van der Waals surface area contributed by atoms with Crippen molar-refractivity contribution < 1.29 is 19.4 Å². The van der Waals surface area contributed by atoms with Gasteiger partial charge in [-0.05, 0) is 12.5 Å².